The van der Waals surface area contributed by atoms with Gasteiger partial charge >= 0.3 is 0 Å². The van der Waals surface area contributed by atoms with E-state index in [0.717, 1.165) is 11.4 Å². The summed E-state index contributed by atoms with van der Waals surface area (Å²) in [6, 6.07) is 11.7. The van der Waals surface area contributed by atoms with Crippen LogP contribution in [-0.4, -0.2) is 36.4 Å². The van der Waals surface area contributed by atoms with E-state index in [1.54, 1.807) is 0 Å². The van der Waals surface area contributed by atoms with Crippen molar-refractivity contribution in [2.24, 2.45) is 0 Å². The Kier molecular flexibility index (Phi) is 4.49. The predicted molar refractivity (Wildman–Crippen MR) is 94.0 cm³/mol. The van der Waals surface area contributed by atoms with Crippen molar-refractivity contribution in [3.05, 3.63) is 58.9 Å². The van der Waals surface area contributed by atoms with E-state index in [9.17, 15) is 13.2 Å². The summed E-state index contributed by atoms with van der Waals surface area (Å²) in [5.41, 5.74) is 3.70. The second kappa shape index (κ2) is 6.43. The highest BCUT2D eigenvalue weighted by Crippen LogP contribution is 2.18. The molecule has 1 fully saturated rings. The van der Waals surface area contributed by atoms with Crippen LogP contribution in [0.2, 0.25) is 0 Å². The summed E-state index contributed by atoms with van der Waals surface area (Å²) in [6.07, 6.45) is 0.497. The lowest BCUT2D eigenvalue weighted by Gasteiger charge is -2.12. The molecule has 1 amide bonds. The molecule has 5 nitrogen and oxygen atoms in total. The standard InChI is InChI=1S/C18H22N2O3S/c1-13-10-17(18(21)19-16-8-9-24(22,23)12-16)14(2)20(13)11-15-6-4-3-5-7-15/h3-7,10,16H,8-9,11-12H2,1-2H3,(H,19,21). The minimum atomic E-state index is -3.00. The number of rotatable bonds is 4. The zero-order valence-corrected chi connectivity index (χ0v) is 14.8. The average Bonchev–Trinajstić information content (AvgIpc) is 3.01. The van der Waals surface area contributed by atoms with E-state index in [1.165, 1.54) is 5.56 Å². The van der Waals surface area contributed by atoms with Gasteiger partial charge in [0.2, 0.25) is 0 Å². The molecule has 3 rings (SSSR count). The Balaban J connectivity index is 1.77. The monoisotopic (exact) mass is 346 g/mol. The lowest BCUT2D eigenvalue weighted by molar-refractivity contribution is 0.0940. The molecule has 0 spiro atoms. The maximum Gasteiger partial charge on any atom is 0.253 e. The van der Waals surface area contributed by atoms with E-state index in [2.05, 4.69) is 22.0 Å². The molecule has 0 saturated carbocycles. The maximum atomic E-state index is 12.5. The number of hydrogen-bond donors (Lipinski definition) is 1. The topological polar surface area (TPSA) is 68.2 Å². The van der Waals surface area contributed by atoms with E-state index in [-0.39, 0.29) is 23.5 Å². The maximum absolute atomic E-state index is 12.5. The van der Waals surface area contributed by atoms with Crippen molar-refractivity contribution in [3.8, 4) is 0 Å². The molecule has 1 saturated heterocycles. The van der Waals surface area contributed by atoms with Gasteiger partial charge in [-0.25, -0.2) is 8.42 Å². The van der Waals surface area contributed by atoms with Gasteiger partial charge in [-0.05, 0) is 31.9 Å². The molecular formula is C18H22N2O3S. The van der Waals surface area contributed by atoms with Crippen LogP contribution in [0.25, 0.3) is 0 Å². The molecule has 1 aliphatic rings. The van der Waals surface area contributed by atoms with Crippen LogP contribution in [0, 0.1) is 13.8 Å². The summed E-state index contributed by atoms with van der Waals surface area (Å²) in [4.78, 5) is 12.5. The van der Waals surface area contributed by atoms with Gasteiger partial charge in [0.15, 0.2) is 9.84 Å². The molecule has 2 aromatic rings. The van der Waals surface area contributed by atoms with Gasteiger partial charge in [0.05, 0.1) is 17.1 Å². The van der Waals surface area contributed by atoms with Gasteiger partial charge in [0.25, 0.3) is 5.91 Å². The van der Waals surface area contributed by atoms with Crippen molar-refractivity contribution in [2.75, 3.05) is 11.5 Å². The molecule has 1 aliphatic heterocycles. The SMILES string of the molecule is Cc1cc(C(=O)NC2CCS(=O)(=O)C2)c(C)n1Cc1ccccc1. The van der Waals surface area contributed by atoms with Crippen LogP contribution in [0.3, 0.4) is 0 Å². The summed E-state index contributed by atoms with van der Waals surface area (Å²) in [5, 5.41) is 2.86. The fourth-order valence-electron chi connectivity index (χ4n) is 3.21. The zero-order valence-electron chi connectivity index (χ0n) is 14.0. The number of amides is 1. The first-order valence-electron chi connectivity index (χ1n) is 8.08. The Hall–Kier alpha value is -2.08. The molecule has 1 aromatic carbocycles. The van der Waals surface area contributed by atoms with Crippen molar-refractivity contribution in [1.82, 2.24) is 9.88 Å². The molecule has 6 heteroatoms. The Morgan fingerprint density at radius 3 is 2.58 bits per heavy atom. The average molecular weight is 346 g/mol. The quantitative estimate of drug-likeness (QED) is 0.921. The Bertz CT molecular complexity index is 854. The Morgan fingerprint density at radius 1 is 1.25 bits per heavy atom. The second-order valence-electron chi connectivity index (χ2n) is 6.43. The van der Waals surface area contributed by atoms with Crippen molar-refractivity contribution in [1.29, 1.82) is 0 Å². The van der Waals surface area contributed by atoms with Crippen LogP contribution in [0.5, 0.6) is 0 Å². The van der Waals surface area contributed by atoms with Crippen LogP contribution in [0.15, 0.2) is 36.4 Å². The number of carbonyl (C=O) groups excluding carboxylic acids is 1. The van der Waals surface area contributed by atoms with Crippen molar-refractivity contribution in [2.45, 2.75) is 32.9 Å². The molecule has 24 heavy (non-hydrogen) atoms. The number of nitrogens with zero attached hydrogens (tertiary/aromatic N) is 1. The second-order valence-corrected chi connectivity index (χ2v) is 8.66. The number of hydrogen-bond acceptors (Lipinski definition) is 3. The minimum absolute atomic E-state index is 0.0431. The Labute approximate surface area is 142 Å². The molecule has 0 radical (unpaired) electrons. The van der Waals surface area contributed by atoms with E-state index in [4.69, 9.17) is 0 Å². The highest BCUT2D eigenvalue weighted by Gasteiger charge is 2.29. The highest BCUT2D eigenvalue weighted by atomic mass is 32.2. The largest absolute Gasteiger partial charge is 0.348 e. The van der Waals surface area contributed by atoms with Gasteiger partial charge in [-0.15, -0.1) is 0 Å². The molecule has 1 aromatic heterocycles. The van der Waals surface area contributed by atoms with Crippen LogP contribution < -0.4 is 5.32 Å². The fraction of sp³-hybridized carbons (Fsp3) is 0.389. The first-order chi connectivity index (χ1) is 11.4. The van der Waals surface area contributed by atoms with Crippen molar-refractivity contribution < 1.29 is 13.2 Å². The van der Waals surface area contributed by atoms with Gasteiger partial charge in [0, 0.05) is 24.0 Å². The van der Waals surface area contributed by atoms with Crippen molar-refractivity contribution in [3.63, 3.8) is 0 Å². The van der Waals surface area contributed by atoms with Crippen LogP contribution >= 0.6 is 0 Å². The van der Waals surface area contributed by atoms with Gasteiger partial charge in [-0.1, -0.05) is 30.3 Å². The molecule has 1 unspecified atom stereocenters. The molecule has 0 aliphatic carbocycles. The summed E-state index contributed by atoms with van der Waals surface area (Å²) in [6.45, 7) is 4.62. The first kappa shape index (κ1) is 16.8. The lowest BCUT2D eigenvalue weighted by atomic mass is 10.2. The van der Waals surface area contributed by atoms with E-state index in [0.29, 0.717) is 18.5 Å². The number of sulfone groups is 1. The summed E-state index contributed by atoms with van der Waals surface area (Å²) in [7, 11) is -3.00. The van der Waals surface area contributed by atoms with E-state index < -0.39 is 9.84 Å². The normalized spacial score (nSPS) is 19.3. The van der Waals surface area contributed by atoms with Gasteiger partial charge < -0.3 is 9.88 Å². The van der Waals surface area contributed by atoms with Gasteiger partial charge in [-0.3, -0.25) is 4.79 Å². The minimum Gasteiger partial charge on any atom is -0.348 e. The molecule has 0 bridgehead atoms. The van der Waals surface area contributed by atoms with Crippen LogP contribution in [0.1, 0.15) is 33.7 Å². The third-order valence-electron chi connectivity index (χ3n) is 4.57. The summed E-state index contributed by atoms with van der Waals surface area (Å²) in [5.74, 6) is 0.0106. The molecule has 128 valence electrons. The third-order valence-corrected chi connectivity index (χ3v) is 6.34. The fourth-order valence-corrected chi connectivity index (χ4v) is 4.89. The summed E-state index contributed by atoms with van der Waals surface area (Å²) < 4.78 is 25.2. The zero-order chi connectivity index (χ0) is 17.3. The molecular weight excluding hydrogens is 324 g/mol. The number of benzene rings is 1. The van der Waals surface area contributed by atoms with Crippen LogP contribution in [-0.2, 0) is 16.4 Å². The number of carbonyl (C=O) groups is 1. The first-order valence-corrected chi connectivity index (χ1v) is 9.90. The lowest BCUT2D eigenvalue weighted by Crippen LogP contribution is -2.35. The van der Waals surface area contributed by atoms with E-state index in [1.807, 2.05) is 38.1 Å². The van der Waals surface area contributed by atoms with Crippen LogP contribution in [0.4, 0.5) is 0 Å². The number of aryl methyl sites for hydroxylation is 1. The highest BCUT2D eigenvalue weighted by molar-refractivity contribution is 7.91. The molecule has 2 heterocycles. The van der Waals surface area contributed by atoms with E-state index >= 15 is 0 Å². The predicted octanol–water partition coefficient (Wildman–Crippen LogP) is 2.07. The molecule has 1 atom stereocenters. The van der Waals surface area contributed by atoms with Gasteiger partial charge in [-0.2, -0.15) is 0 Å². The number of nitrogens with one attached hydrogen (secondary N) is 1. The molecule has 1 N–H and O–H groups in total. The van der Waals surface area contributed by atoms with Gasteiger partial charge in [0.1, 0.15) is 0 Å². The smallest absolute Gasteiger partial charge is 0.253 e. The number of aromatic nitrogens is 1. The third kappa shape index (κ3) is 3.53. The summed E-state index contributed by atoms with van der Waals surface area (Å²) >= 11 is 0. The Morgan fingerprint density at radius 2 is 1.96 bits per heavy atom. The van der Waals surface area contributed by atoms with Crippen molar-refractivity contribution >= 4 is 15.7 Å².